The van der Waals surface area contributed by atoms with Crippen molar-refractivity contribution in [3.05, 3.63) is 47.0 Å². The number of benzene rings is 1. The minimum atomic E-state index is -0.0689. The van der Waals surface area contributed by atoms with E-state index < -0.39 is 0 Å². The van der Waals surface area contributed by atoms with Gasteiger partial charge in [-0.1, -0.05) is 23.8 Å². The fraction of sp³-hybridized carbons (Fsp3) is 0.333. The quantitative estimate of drug-likeness (QED) is 0.492. The minimum absolute atomic E-state index is 0.0689. The maximum Gasteiger partial charge on any atom is 0.0768 e. The molecule has 0 saturated carbocycles. The van der Waals surface area contributed by atoms with E-state index in [4.69, 9.17) is 11.6 Å². The van der Waals surface area contributed by atoms with Gasteiger partial charge in [0.05, 0.1) is 5.38 Å². The second-order valence-electron chi connectivity index (χ2n) is 3.45. The lowest BCUT2D eigenvalue weighted by Gasteiger charge is -2.13. The summed E-state index contributed by atoms with van der Waals surface area (Å²) in [6.07, 6.45) is 1.77. The van der Waals surface area contributed by atoms with E-state index in [0.29, 0.717) is 0 Å². The second-order valence-corrected chi connectivity index (χ2v) is 3.92. The molecule has 1 atom stereocenters. The molecule has 0 saturated heterocycles. The molecule has 0 amide bonds. The molecular weight excluding hydrogens is 180 g/mol. The molecule has 1 unspecified atom stereocenters. The third kappa shape index (κ3) is 2.13. The van der Waals surface area contributed by atoms with Crippen LogP contribution in [0.3, 0.4) is 0 Å². The third-order valence-corrected chi connectivity index (χ3v) is 2.62. The van der Waals surface area contributed by atoms with Crippen LogP contribution >= 0.6 is 11.6 Å². The summed E-state index contributed by atoms with van der Waals surface area (Å²) in [6.45, 7) is 9.99. The Bertz CT molecular complexity index is 303. The summed E-state index contributed by atoms with van der Waals surface area (Å²) in [5.41, 5.74) is 4.98. The lowest BCUT2D eigenvalue weighted by molar-refractivity contribution is 1.12. The Balaban J connectivity index is 3.28. The average Bonchev–Trinajstić information content (AvgIpc) is 2.02. The summed E-state index contributed by atoms with van der Waals surface area (Å²) in [6, 6.07) is 4.31. The van der Waals surface area contributed by atoms with Gasteiger partial charge in [-0.3, -0.25) is 0 Å². The van der Waals surface area contributed by atoms with Crippen molar-refractivity contribution >= 4 is 11.6 Å². The molecular formula is C12H15Cl. The van der Waals surface area contributed by atoms with Crippen LogP contribution in [0.2, 0.25) is 0 Å². The van der Waals surface area contributed by atoms with Crippen LogP contribution in [0.1, 0.15) is 27.6 Å². The predicted molar refractivity (Wildman–Crippen MR) is 59.4 cm³/mol. The second kappa shape index (κ2) is 3.97. The molecule has 0 heterocycles. The highest BCUT2D eigenvalue weighted by Crippen LogP contribution is 2.28. The Morgan fingerprint density at radius 2 is 1.69 bits per heavy atom. The van der Waals surface area contributed by atoms with Crippen LogP contribution in [-0.2, 0) is 0 Å². The van der Waals surface area contributed by atoms with E-state index in [1.165, 1.54) is 22.3 Å². The minimum Gasteiger partial charge on any atom is -0.113 e. The van der Waals surface area contributed by atoms with E-state index in [1.54, 1.807) is 6.08 Å². The van der Waals surface area contributed by atoms with Crippen molar-refractivity contribution in [1.82, 2.24) is 0 Å². The van der Waals surface area contributed by atoms with Gasteiger partial charge in [0.15, 0.2) is 0 Å². The number of allylic oxidation sites excluding steroid dienone is 1. The zero-order chi connectivity index (χ0) is 10.0. The van der Waals surface area contributed by atoms with Crippen molar-refractivity contribution in [3.63, 3.8) is 0 Å². The first-order chi connectivity index (χ1) is 6.06. The van der Waals surface area contributed by atoms with Gasteiger partial charge in [-0.15, -0.1) is 18.2 Å². The predicted octanol–water partition coefficient (Wildman–Crippen LogP) is 4.08. The van der Waals surface area contributed by atoms with Crippen LogP contribution in [0, 0.1) is 20.8 Å². The van der Waals surface area contributed by atoms with Crippen LogP contribution < -0.4 is 0 Å². The van der Waals surface area contributed by atoms with Gasteiger partial charge in [0.25, 0.3) is 0 Å². The Morgan fingerprint density at radius 3 is 2.08 bits per heavy atom. The zero-order valence-corrected chi connectivity index (χ0v) is 9.15. The topological polar surface area (TPSA) is 0 Å². The summed E-state index contributed by atoms with van der Waals surface area (Å²) < 4.78 is 0. The zero-order valence-electron chi connectivity index (χ0n) is 8.39. The Labute approximate surface area is 85.2 Å². The van der Waals surface area contributed by atoms with E-state index in [0.717, 1.165) is 0 Å². The molecule has 13 heavy (non-hydrogen) atoms. The van der Waals surface area contributed by atoms with Crippen LogP contribution in [-0.4, -0.2) is 0 Å². The van der Waals surface area contributed by atoms with Gasteiger partial charge >= 0.3 is 0 Å². The van der Waals surface area contributed by atoms with E-state index in [1.807, 2.05) is 0 Å². The van der Waals surface area contributed by atoms with E-state index in [2.05, 4.69) is 39.5 Å². The van der Waals surface area contributed by atoms with Gasteiger partial charge in [-0.2, -0.15) is 0 Å². The molecule has 1 aromatic carbocycles. The summed E-state index contributed by atoms with van der Waals surface area (Å²) in [5.74, 6) is 0. The van der Waals surface area contributed by atoms with Crippen molar-refractivity contribution in [2.24, 2.45) is 0 Å². The molecule has 70 valence electrons. The van der Waals surface area contributed by atoms with Gasteiger partial charge in [0, 0.05) is 0 Å². The highest BCUT2D eigenvalue weighted by atomic mass is 35.5. The van der Waals surface area contributed by atoms with Gasteiger partial charge in [0.1, 0.15) is 0 Å². The number of aryl methyl sites for hydroxylation is 3. The van der Waals surface area contributed by atoms with E-state index >= 15 is 0 Å². The molecule has 1 heteroatoms. The molecule has 0 N–H and O–H groups in total. The smallest absolute Gasteiger partial charge is 0.0768 e. The first-order valence-electron chi connectivity index (χ1n) is 4.40. The largest absolute Gasteiger partial charge is 0.113 e. The first kappa shape index (κ1) is 10.3. The molecule has 1 rings (SSSR count). The maximum atomic E-state index is 6.14. The van der Waals surface area contributed by atoms with Crippen LogP contribution in [0.25, 0.3) is 0 Å². The van der Waals surface area contributed by atoms with Crippen LogP contribution in [0.4, 0.5) is 0 Å². The molecule has 0 aromatic heterocycles. The maximum absolute atomic E-state index is 6.14. The van der Waals surface area contributed by atoms with Crippen LogP contribution in [0.5, 0.6) is 0 Å². The van der Waals surface area contributed by atoms with Gasteiger partial charge in [-0.05, 0) is 37.5 Å². The summed E-state index contributed by atoms with van der Waals surface area (Å²) in [5, 5.41) is -0.0689. The van der Waals surface area contributed by atoms with Crippen molar-refractivity contribution in [1.29, 1.82) is 0 Å². The van der Waals surface area contributed by atoms with E-state index in [-0.39, 0.29) is 5.38 Å². The Hall–Kier alpha value is -0.750. The fourth-order valence-corrected chi connectivity index (χ4v) is 2.09. The number of rotatable bonds is 2. The Kier molecular flexibility index (Phi) is 3.16. The molecule has 0 radical (unpaired) electrons. The normalized spacial score (nSPS) is 12.6. The number of hydrogen-bond acceptors (Lipinski definition) is 0. The monoisotopic (exact) mass is 194 g/mol. The Morgan fingerprint density at radius 1 is 1.23 bits per heavy atom. The lowest BCUT2D eigenvalue weighted by atomic mass is 9.97. The lowest BCUT2D eigenvalue weighted by Crippen LogP contribution is -1.95. The summed E-state index contributed by atoms with van der Waals surface area (Å²) >= 11 is 6.14. The SMILES string of the molecule is C=CC(Cl)c1c(C)cc(C)cc1C. The number of halogens is 1. The number of hydrogen-bond donors (Lipinski definition) is 0. The van der Waals surface area contributed by atoms with Crippen molar-refractivity contribution in [3.8, 4) is 0 Å². The average molecular weight is 195 g/mol. The standard InChI is InChI=1S/C12H15Cl/c1-5-11(13)12-9(3)6-8(2)7-10(12)4/h5-7,11H,1H2,2-4H3. The van der Waals surface area contributed by atoms with Crippen LogP contribution in [0.15, 0.2) is 24.8 Å². The highest BCUT2D eigenvalue weighted by Gasteiger charge is 2.09. The van der Waals surface area contributed by atoms with Crippen molar-refractivity contribution in [2.75, 3.05) is 0 Å². The van der Waals surface area contributed by atoms with Crippen molar-refractivity contribution < 1.29 is 0 Å². The molecule has 0 aliphatic carbocycles. The molecule has 0 fully saturated rings. The molecule has 0 aliphatic heterocycles. The van der Waals surface area contributed by atoms with E-state index in [9.17, 15) is 0 Å². The van der Waals surface area contributed by atoms with Crippen molar-refractivity contribution in [2.45, 2.75) is 26.1 Å². The molecule has 0 bridgehead atoms. The molecule has 0 nitrogen and oxygen atoms in total. The molecule has 1 aromatic rings. The first-order valence-corrected chi connectivity index (χ1v) is 4.84. The molecule has 0 aliphatic rings. The highest BCUT2D eigenvalue weighted by molar-refractivity contribution is 6.22. The van der Waals surface area contributed by atoms with Gasteiger partial charge in [0.2, 0.25) is 0 Å². The summed E-state index contributed by atoms with van der Waals surface area (Å²) in [7, 11) is 0. The third-order valence-electron chi connectivity index (χ3n) is 2.22. The molecule has 0 spiro atoms. The fourth-order valence-electron chi connectivity index (χ4n) is 1.74. The summed E-state index contributed by atoms with van der Waals surface area (Å²) in [4.78, 5) is 0. The van der Waals surface area contributed by atoms with Gasteiger partial charge in [-0.25, -0.2) is 0 Å². The number of alkyl halides is 1. The van der Waals surface area contributed by atoms with Gasteiger partial charge < -0.3 is 0 Å².